The predicted octanol–water partition coefficient (Wildman–Crippen LogP) is 7.70. The second-order valence-corrected chi connectivity index (χ2v) is 15.7. The lowest BCUT2D eigenvalue weighted by atomic mass is 9.81. The van der Waals surface area contributed by atoms with Crippen LogP contribution in [0, 0.1) is 12.3 Å². The maximum absolute atomic E-state index is 13.0. The van der Waals surface area contributed by atoms with Crippen LogP contribution < -0.4 is 4.90 Å². The molecule has 9 heteroatoms. The normalized spacial score (nSPS) is 16.2. The van der Waals surface area contributed by atoms with Gasteiger partial charge in [0, 0.05) is 43.0 Å². The van der Waals surface area contributed by atoms with Crippen molar-refractivity contribution in [1.82, 2.24) is 9.88 Å². The minimum absolute atomic E-state index is 0.115. The molecule has 1 saturated heterocycles. The number of esters is 1. The fourth-order valence-electron chi connectivity index (χ4n) is 6.35. The van der Waals surface area contributed by atoms with Crippen molar-refractivity contribution in [1.29, 1.82) is 0 Å². The van der Waals surface area contributed by atoms with E-state index in [4.69, 9.17) is 19.6 Å². The number of carbonyl (C=O) groups is 2. The number of aliphatic hydroxyl groups is 2. The van der Waals surface area contributed by atoms with Gasteiger partial charge in [-0.25, -0.2) is 4.79 Å². The first-order chi connectivity index (χ1) is 23.4. The average Bonchev–Trinajstić information content (AvgIpc) is 3.03. The third-order valence-electron chi connectivity index (χ3n) is 8.99. The Kier molecular flexibility index (Phi) is 12.7. The van der Waals surface area contributed by atoms with E-state index in [1.165, 1.54) is 0 Å². The summed E-state index contributed by atoms with van der Waals surface area (Å²) in [4.78, 5) is 35.0. The molecule has 3 aromatic rings. The van der Waals surface area contributed by atoms with E-state index in [9.17, 15) is 14.7 Å². The maximum atomic E-state index is 13.0. The van der Waals surface area contributed by atoms with Gasteiger partial charge in [-0.1, -0.05) is 62.4 Å². The van der Waals surface area contributed by atoms with E-state index in [2.05, 4.69) is 36.9 Å². The van der Waals surface area contributed by atoms with Crippen molar-refractivity contribution in [3.8, 4) is 11.1 Å². The van der Waals surface area contributed by atoms with Crippen LogP contribution in [0.4, 0.5) is 10.5 Å². The molecule has 0 aliphatic carbocycles. The van der Waals surface area contributed by atoms with Gasteiger partial charge in [-0.3, -0.25) is 9.78 Å². The number of benzene rings is 2. The first-order valence-corrected chi connectivity index (χ1v) is 17.9. The molecule has 5 rings (SSSR count). The Bertz CT molecular complexity index is 1610. The summed E-state index contributed by atoms with van der Waals surface area (Å²) in [6, 6.07) is 16.0. The van der Waals surface area contributed by atoms with E-state index in [-0.39, 0.29) is 36.6 Å². The molecular weight excluding hydrogens is 630 g/mol. The number of nitrogens with zero attached hydrogens (tertiary/aromatic N) is 3. The number of piperidine rings is 1. The predicted molar refractivity (Wildman–Crippen MR) is 198 cm³/mol. The largest absolute Gasteiger partial charge is 0.463 e. The van der Waals surface area contributed by atoms with Crippen molar-refractivity contribution in [3.05, 3.63) is 82.2 Å². The van der Waals surface area contributed by atoms with Gasteiger partial charge in [0.25, 0.3) is 0 Å². The Labute approximate surface area is 298 Å². The number of fused-ring (bicyclic) bond motifs is 1. The van der Waals surface area contributed by atoms with Gasteiger partial charge in [-0.15, -0.1) is 0 Å². The van der Waals surface area contributed by atoms with Crippen molar-refractivity contribution in [3.63, 3.8) is 0 Å². The Morgan fingerprint density at radius 1 is 0.980 bits per heavy atom. The number of aromatic nitrogens is 1. The van der Waals surface area contributed by atoms with Crippen molar-refractivity contribution >= 4 is 17.7 Å². The highest BCUT2D eigenvalue weighted by molar-refractivity contribution is 5.87. The zero-order valence-electron chi connectivity index (χ0n) is 31.5. The number of hydrogen-bond donors (Lipinski definition) is 2. The third kappa shape index (κ3) is 10.8. The molecule has 1 atom stereocenters. The van der Waals surface area contributed by atoms with Gasteiger partial charge in [0.1, 0.15) is 6.61 Å². The molecule has 3 heterocycles. The van der Waals surface area contributed by atoms with Crippen LogP contribution in [0.2, 0.25) is 0 Å². The zero-order chi connectivity index (χ0) is 36.8. The number of pyridine rings is 1. The highest BCUT2D eigenvalue weighted by atomic mass is 16.6. The van der Waals surface area contributed by atoms with Gasteiger partial charge >= 0.3 is 12.1 Å². The monoisotopic (exact) mass is 687 g/mol. The molecule has 2 aromatic carbocycles. The van der Waals surface area contributed by atoms with Gasteiger partial charge in [0.05, 0.1) is 35.6 Å². The molecule has 2 aliphatic heterocycles. The van der Waals surface area contributed by atoms with Crippen LogP contribution in [-0.4, -0.2) is 63.5 Å². The van der Waals surface area contributed by atoms with Crippen LogP contribution in [-0.2, 0) is 40.3 Å². The van der Waals surface area contributed by atoms with E-state index < -0.39 is 11.7 Å². The van der Waals surface area contributed by atoms with Crippen molar-refractivity contribution in [2.75, 3.05) is 24.5 Å². The third-order valence-corrected chi connectivity index (χ3v) is 8.99. The molecule has 1 unspecified atom stereocenters. The first kappa shape index (κ1) is 38.8. The minimum atomic E-state index is -0.804. The smallest absolute Gasteiger partial charge is 0.410 e. The molecule has 0 radical (unpaired) electrons. The van der Waals surface area contributed by atoms with Crippen molar-refractivity contribution in [2.45, 2.75) is 119 Å². The number of aliphatic hydroxyl groups excluding tert-OH is 1. The van der Waals surface area contributed by atoms with Gasteiger partial charge in [-0.2, -0.15) is 0 Å². The molecule has 0 spiro atoms. The van der Waals surface area contributed by atoms with Gasteiger partial charge in [0.2, 0.25) is 0 Å². The lowest BCUT2D eigenvalue weighted by Crippen LogP contribution is -2.38. The van der Waals surface area contributed by atoms with Crippen LogP contribution in [0.15, 0.2) is 48.5 Å². The van der Waals surface area contributed by atoms with Crippen LogP contribution in [0.3, 0.4) is 0 Å². The van der Waals surface area contributed by atoms with Crippen LogP contribution >= 0.6 is 0 Å². The summed E-state index contributed by atoms with van der Waals surface area (Å²) in [7, 11) is 0. The standard InChI is InChI=1S/C37H47N3O5.C4H10O/c1-24(2)45-32(42)21-31-25(3)38-34(26(4)41)33(35(31)39-18-15-37(5,6)16-19-39)29-12-13-30-22-40(17-14-28(30)20-29)36(43)44-23-27-10-8-7-9-11-27;1-4(2,3)5/h7-13,20,24,26,41H,14-19,21-23H2,1-6H3;5H,1-3H3. The lowest BCUT2D eigenvalue weighted by Gasteiger charge is -2.40. The van der Waals surface area contributed by atoms with Crippen LogP contribution in [0.1, 0.15) is 108 Å². The minimum Gasteiger partial charge on any atom is -0.463 e. The Balaban J connectivity index is 0.00000105. The molecule has 2 aliphatic rings. The molecule has 272 valence electrons. The molecule has 0 bridgehead atoms. The molecule has 50 heavy (non-hydrogen) atoms. The van der Waals surface area contributed by atoms with Crippen LogP contribution in [0.5, 0.6) is 0 Å². The van der Waals surface area contributed by atoms with Gasteiger partial charge < -0.3 is 29.5 Å². The van der Waals surface area contributed by atoms with Crippen molar-refractivity contribution < 1.29 is 29.3 Å². The van der Waals surface area contributed by atoms with Gasteiger partial charge in [0.15, 0.2) is 0 Å². The second kappa shape index (κ2) is 16.4. The highest BCUT2D eigenvalue weighted by Gasteiger charge is 2.32. The van der Waals surface area contributed by atoms with E-state index in [0.29, 0.717) is 25.2 Å². The number of aryl methyl sites for hydroxylation is 1. The van der Waals surface area contributed by atoms with Crippen LogP contribution in [0.25, 0.3) is 11.1 Å². The average molecular weight is 688 g/mol. The number of ether oxygens (including phenoxy) is 2. The highest BCUT2D eigenvalue weighted by Crippen LogP contribution is 2.44. The summed E-state index contributed by atoms with van der Waals surface area (Å²) >= 11 is 0. The van der Waals surface area contributed by atoms with E-state index in [1.54, 1.807) is 32.6 Å². The number of amides is 1. The maximum Gasteiger partial charge on any atom is 0.410 e. The summed E-state index contributed by atoms with van der Waals surface area (Å²) in [5.41, 5.74) is 7.91. The van der Waals surface area contributed by atoms with E-state index in [0.717, 1.165) is 70.7 Å². The molecule has 1 fully saturated rings. The Morgan fingerprint density at radius 3 is 2.22 bits per heavy atom. The zero-order valence-corrected chi connectivity index (χ0v) is 31.5. The van der Waals surface area contributed by atoms with E-state index in [1.807, 2.05) is 51.1 Å². The molecule has 2 N–H and O–H groups in total. The Morgan fingerprint density at radius 2 is 1.62 bits per heavy atom. The van der Waals surface area contributed by atoms with Gasteiger partial charge in [-0.05, 0) is 95.4 Å². The Hall–Kier alpha value is -3.95. The number of carbonyl (C=O) groups excluding carboxylic acids is 2. The fraction of sp³-hybridized carbons (Fsp3) is 0.537. The molecule has 1 aromatic heterocycles. The second-order valence-electron chi connectivity index (χ2n) is 15.7. The quantitative estimate of drug-likeness (QED) is 0.232. The molecule has 1 amide bonds. The summed E-state index contributed by atoms with van der Waals surface area (Å²) in [5, 5.41) is 19.5. The summed E-state index contributed by atoms with van der Waals surface area (Å²) < 4.78 is 11.2. The summed E-state index contributed by atoms with van der Waals surface area (Å²) in [6.45, 7) is 20.2. The molecule has 0 saturated carbocycles. The fourth-order valence-corrected chi connectivity index (χ4v) is 6.35. The summed E-state index contributed by atoms with van der Waals surface area (Å²) in [5.74, 6) is -0.283. The summed E-state index contributed by atoms with van der Waals surface area (Å²) in [6.07, 6.45) is 1.51. The van der Waals surface area contributed by atoms with Crippen molar-refractivity contribution in [2.24, 2.45) is 5.41 Å². The van der Waals surface area contributed by atoms with E-state index >= 15 is 0 Å². The first-order valence-electron chi connectivity index (χ1n) is 17.9. The number of rotatable bonds is 8. The number of anilines is 1. The number of hydrogen-bond acceptors (Lipinski definition) is 8. The molecule has 9 nitrogen and oxygen atoms in total. The topological polar surface area (TPSA) is 112 Å². The SMILES string of the molecule is CC(C)(C)O.Cc1nc(C(C)O)c(-c2ccc3c(c2)CCN(C(=O)OCc2ccccc2)C3)c(N2CCC(C)(C)CC2)c1CC(=O)OC(C)C. The molecular formula is C41H57N3O6. The lowest BCUT2D eigenvalue weighted by molar-refractivity contribution is -0.146.